The summed E-state index contributed by atoms with van der Waals surface area (Å²) in [7, 11) is 0. The van der Waals surface area contributed by atoms with Gasteiger partial charge in [-0.1, -0.05) is 32.9 Å². The number of carbonyl (C=O) groups excluding carboxylic acids is 1. The lowest BCUT2D eigenvalue weighted by molar-refractivity contribution is -0.116. The predicted molar refractivity (Wildman–Crippen MR) is 100 cm³/mol. The van der Waals surface area contributed by atoms with Crippen molar-refractivity contribution in [1.29, 1.82) is 0 Å². The van der Waals surface area contributed by atoms with Gasteiger partial charge < -0.3 is 14.8 Å². The summed E-state index contributed by atoms with van der Waals surface area (Å²) in [4.78, 5) is 24.4. The van der Waals surface area contributed by atoms with Crippen LogP contribution in [0.5, 0.6) is 0 Å². The molecule has 3 rings (SSSR count). The zero-order chi connectivity index (χ0) is 18.7. The van der Waals surface area contributed by atoms with Crippen molar-refractivity contribution in [3.8, 4) is 0 Å². The lowest BCUT2D eigenvalue weighted by Gasteiger charge is -2.13. The quantitative estimate of drug-likeness (QED) is 0.701. The third-order valence-electron chi connectivity index (χ3n) is 4.03. The number of nitrogens with zero attached hydrogens (tertiary/aromatic N) is 3. The minimum absolute atomic E-state index is 0.0524. The second kappa shape index (κ2) is 7.27. The van der Waals surface area contributed by atoms with Gasteiger partial charge in [0, 0.05) is 30.4 Å². The molecule has 26 heavy (non-hydrogen) atoms. The number of imidazole rings is 1. The van der Waals surface area contributed by atoms with Crippen LogP contribution in [0.4, 0.5) is 5.69 Å². The van der Waals surface area contributed by atoms with Crippen molar-refractivity contribution in [3.63, 3.8) is 0 Å². The third kappa shape index (κ3) is 4.28. The molecule has 1 aromatic carbocycles. The molecule has 2 heterocycles. The van der Waals surface area contributed by atoms with Gasteiger partial charge in [0.25, 0.3) is 0 Å². The summed E-state index contributed by atoms with van der Waals surface area (Å²) in [6.07, 6.45) is 2.48. The fourth-order valence-corrected chi connectivity index (χ4v) is 2.60. The average Bonchev–Trinajstić information content (AvgIpc) is 3.19. The highest BCUT2D eigenvalue weighted by Gasteiger charge is 2.18. The molecule has 7 heteroatoms. The normalized spacial score (nSPS) is 11.8. The number of aryl methyl sites for hydroxylation is 2. The molecule has 0 aliphatic carbocycles. The molecule has 1 amide bonds. The molecule has 0 atom stereocenters. The number of rotatable bonds is 6. The summed E-state index contributed by atoms with van der Waals surface area (Å²) < 4.78 is 5.16. The average molecular weight is 355 g/mol. The lowest BCUT2D eigenvalue weighted by atomic mass is 9.96. The molecule has 0 unspecified atom stereocenters. The molecule has 2 N–H and O–H groups in total. The third-order valence-corrected chi connectivity index (χ3v) is 4.03. The maximum atomic E-state index is 12.2. The molecule has 2 aromatic heterocycles. The number of aromatic nitrogens is 4. The van der Waals surface area contributed by atoms with Crippen LogP contribution in [-0.4, -0.2) is 26.0 Å². The van der Waals surface area contributed by atoms with E-state index in [-0.39, 0.29) is 11.3 Å². The molecule has 138 valence electrons. The Kier molecular flexibility index (Phi) is 5.06. The van der Waals surface area contributed by atoms with E-state index in [0.717, 1.165) is 35.4 Å². The summed E-state index contributed by atoms with van der Waals surface area (Å²) in [5.41, 5.74) is 2.49. The first-order chi connectivity index (χ1) is 12.3. The van der Waals surface area contributed by atoms with Crippen LogP contribution in [0.2, 0.25) is 0 Å². The number of amides is 1. The van der Waals surface area contributed by atoms with E-state index in [1.807, 2.05) is 18.2 Å². The lowest BCUT2D eigenvalue weighted by Crippen LogP contribution is -2.13. The number of anilines is 1. The van der Waals surface area contributed by atoms with Crippen LogP contribution >= 0.6 is 0 Å². The molecule has 0 fully saturated rings. The topological polar surface area (TPSA) is 96.7 Å². The number of fused-ring (bicyclic) bond motifs is 1. The predicted octanol–water partition coefficient (Wildman–Crippen LogP) is 3.77. The second-order valence-electron chi connectivity index (χ2n) is 7.47. The van der Waals surface area contributed by atoms with E-state index in [0.29, 0.717) is 24.6 Å². The molecule has 0 radical (unpaired) electrons. The zero-order valence-corrected chi connectivity index (χ0v) is 15.7. The molecule has 3 aromatic rings. The highest BCUT2D eigenvalue weighted by atomic mass is 16.5. The Morgan fingerprint density at radius 1 is 1.23 bits per heavy atom. The molecule has 0 spiro atoms. The van der Waals surface area contributed by atoms with Gasteiger partial charge in [-0.05, 0) is 24.6 Å². The van der Waals surface area contributed by atoms with Crippen LogP contribution in [-0.2, 0) is 23.1 Å². The largest absolute Gasteiger partial charge is 0.341 e. The van der Waals surface area contributed by atoms with Crippen LogP contribution in [0.1, 0.15) is 58.1 Å². The summed E-state index contributed by atoms with van der Waals surface area (Å²) >= 11 is 0. The Hall–Kier alpha value is -2.70. The summed E-state index contributed by atoms with van der Waals surface area (Å²) in [5, 5.41) is 6.80. The van der Waals surface area contributed by atoms with Gasteiger partial charge >= 0.3 is 0 Å². The van der Waals surface area contributed by atoms with Crippen molar-refractivity contribution in [2.75, 3.05) is 5.32 Å². The number of carbonyl (C=O) groups is 1. The number of nitrogens with one attached hydrogen (secondary N) is 2. The van der Waals surface area contributed by atoms with E-state index in [1.54, 1.807) is 0 Å². The first-order valence-corrected chi connectivity index (χ1v) is 8.96. The monoisotopic (exact) mass is 355 g/mol. The van der Waals surface area contributed by atoms with Crippen molar-refractivity contribution in [2.45, 2.75) is 58.8 Å². The van der Waals surface area contributed by atoms with E-state index < -0.39 is 0 Å². The van der Waals surface area contributed by atoms with Gasteiger partial charge in [-0.15, -0.1) is 0 Å². The minimum Gasteiger partial charge on any atom is -0.341 e. The molecule has 0 aliphatic rings. The van der Waals surface area contributed by atoms with E-state index >= 15 is 0 Å². The fraction of sp³-hybridized carbons (Fsp3) is 0.474. The van der Waals surface area contributed by atoms with Crippen LogP contribution in [0.3, 0.4) is 0 Å². The van der Waals surface area contributed by atoms with Gasteiger partial charge in [-0.2, -0.15) is 4.98 Å². The van der Waals surface area contributed by atoms with Crippen molar-refractivity contribution in [3.05, 3.63) is 35.7 Å². The van der Waals surface area contributed by atoms with Crippen molar-refractivity contribution in [2.24, 2.45) is 0 Å². The first kappa shape index (κ1) is 18.1. The van der Waals surface area contributed by atoms with Crippen LogP contribution in [0.15, 0.2) is 22.7 Å². The standard InChI is InChI=1S/C19H25N5O2/c1-5-6-15-23-17(26-24-15)10-9-16(25)20-12-7-8-13-14(11-12)22-18(21-13)19(2,3)4/h7-8,11H,5-6,9-10H2,1-4H3,(H,20,25)(H,21,22). The summed E-state index contributed by atoms with van der Waals surface area (Å²) in [5.74, 6) is 2.04. The molecule has 7 nitrogen and oxygen atoms in total. The van der Waals surface area contributed by atoms with Gasteiger partial charge in [0.2, 0.25) is 11.8 Å². The van der Waals surface area contributed by atoms with E-state index in [2.05, 4.69) is 53.1 Å². The maximum absolute atomic E-state index is 12.2. The Labute approximate surface area is 152 Å². The number of hydrogen-bond donors (Lipinski definition) is 2. The van der Waals surface area contributed by atoms with Gasteiger partial charge in [-0.3, -0.25) is 4.79 Å². The number of aromatic amines is 1. The fourth-order valence-electron chi connectivity index (χ4n) is 2.60. The van der Waals surface area contributed by atoms with E-state index in [4.69, 9.17) is 4.52 Å². The Balaban J connectivity index is 1.61. The van der Waals surface area contributed by atoms with Crippen molar-refractivity contribution < 1.29 is 9.32 Å². The number of H-pyrrole nitrogens is 1. The zero-order valence-electron chi connectivity index (χ0n) is 15.7. The smallest absolute Gasteiger partial charge is 0.227 e. The van der Waals surface area contributed by atoms with Gasteiger partial charge in [0.05, 0.1) is 11.0 Å². The molecular weight excluding hydrogens is 330 g/mol. The second-order valence-corrected chi connectivity index (χ2v) is 7.47. The Morgan fingerprint density at radius 3 is 2.77 bits per heavy atom. The van der Waals surface area contributed by atoms with Crippen molar-refractivity contribution >= 4 is 22.6 Å². The SMILES string of the molecule is CCCc1noc(CCC(=O)Nc2ccc3nc(C(C)(C)C)[nH]c3c2)n1. The summed E-state index contributed by atoms with van der Waals surface area (Å²) in [6.45, 7) is 8.38. The molecule has 0 saturated heterocycles. The molecule has 0 bridgehead atoms. The van der Waals surface area contributed by atoms with Gasteiger partial charge in [-0.25, -0.2) is 4.98 Å². The summed E-state index contributed by atoms with van der Waals surface area (Å²) in [6, 6.07) is 5.67. The Morgan fingerprint density at radius 2 is 2.04 bits per heavy atom. The van der Waals surface area contributed by atoms with Gasteiger partial charge in [0.15, 0.2) is 5.82 Å². The van der Waals surface area contributed by atoms with Crippen LogP contribution in [0, 0.1) is 0 Å². The highest BCUT2D eigenvalue weighted by Crippen LogP contribution is 2.24. The minimum atomic E-state index is -0.0878. The highest BCUT2D eigenvalue weighted by molar-refractivity contribution is 5.93. The Bertz CT molecular complexity index is 904. The molecule has 0 saturated carbocycles. The molecule has 0 aliphatic heterocycles. The van der Waals surface area contributed by atoms with Crippen LogP contribution < -0.4 is 5.32 Å². The van der Waals surface area contributed by atoms with E-state index in [1.165, 1.54) is 0 Å². The number of benzene rings is 1. The van der Waals surface area contributed by atoms with E-state index in [9.17, 15) is 4.79 Å². The van der Waals surface area contributed by atoms with Crippen molar-refractivity contribution in [1.82, 2.24) is 20.1 Å². The van der Waals surface area contributed by atoms with Crippen LogP contribution in [0.25, 0.3) is 11.0 Å². The first-order valence-electron chi connectivity index (χ1n) is 8.96. The maximum Gasteiger partial charge on any atom is 0.227 e. The van der Waals surface area contributed by atoms with Gasteiger partial charge in [0.1, 0.15) is 5.82 Å². The molecular formula is C19H25N5O2. The number of hydrogen-bond acceptors (Lipinski definition) is 5.